The summed E-state index contributed by atoms with van der Waals surface area (Å²) in [5, 5.41) is 8.98. The highest BCUT2D eigenvalue weighted by molar-refractivity contribution is 5.76. The predicted molar refractivity (Wildman–Crippen MR) is 87.0 cm³/mol. The Morgan fingerprint density at radius 2 is 1.50 bits per heavy atom. The van der Waals surface area contributed by atoms with Crippen LogP contribution in [0.25, 0.3) is 0 Å². The maximum absolute atomic E-state index is 12.0. The summed E-state index contributed by atoms with van der Waals surface area (Å²) in [5.41, 5.74) is 5.95. The van der Waals surface area contributed by atoms with E-state index in [0.717, 1.165) is 0 Å². The minimum atomic E-state index is -0.783. The number of carboxylic acids is 1. The SMILES string of the molecule is CC(COC(=O)C(C)C)COC(=O)C(N)C1CCC(C(=O)O)CC1. The molecule has 24 heavy (non-hydrogen) atoms. The molecule has 1 saturated carbocycles. The maximum Gasteiger partial charge on any atom is 0.323 e. The lowest BCUT2D eigenvalue weighted by Gasteiger charge is -2.29. The van der Waals surface area contributed by atoms with Gasteiger partial charge in [-0.25, -0.2) is 0 Å². The van der Waals surface area contributed by atoms with Gasteiger partial charge in [0.25, 0.3) is 0 Å². The zero-order valence-electron chi connectivity index (χ0n) is 14.7. The fourth-order valence-corrected chi connectivity index (χ4v) is 2.68. The van der Waals surface area contributed by atoms with Crippen LogP contribution >= 0.6 is 0 Å². The normalized spacial score (nSPS) is 23.4. The minimum Gasteiger partial charge on any atom is -0.481 e. The van der Waals surface area contributed by atoms with Gasteiger partial charge in [0.2, 0.25) is 0 Å². The molecule has 7 heteroatoms. The standard InChI is InChI=1S/C17H29NO6/c1-10(2)16(21)23-8-11(3)9-24-17(22)14(18)12-4-6-13(7-5-12)15(19)20/h10-14H,4-9,18H2,1-3H3,(H,19,20). The van der Waals surface area contributed by atoms with Gasteiger partial charge in [0.15, 0.2) is 0 Å². The third kappa shape index (κ3) is 6.47. The van der Waals surface area contributed by atoms with Crippen LogP contribution in [-0.4, -0.2) is 42.3 Å². The molecule has 0 aromatic rings. The molecule has 0 spiro atoms. The zero-order valence-corrected chi connectivity index (χ0v) is 14.7. The smallest absolute Gasteiger partial charge is 0.323 e. The molecule has 0 aromatic heterocycles. The average molecular weight is 343 g/mol. The molecule has 0 amide bonds. The van der Waals surface area contributed by atoms with E-state index in [1.807, 2.05) is 6.92 Å². The molecule has 2 unspecified atom stereocenters. The number of ether oxygens (including phenoxy) is 2. The zero-order chi connectivity index (χ0) is 18.3. The third-order valence-corrected chi connectivity index (χ3v) is 4.39. The van der Waals surface area contributed by atoms with Gasteiger partial charge in [-0.2, -0.15) is 0 Å². The van der Waals surface area contributed by atoms with E-state index in [2.05, 4.69) is 0 Å². The molecule has 1 aliphatic rings. The fraction of sp³-hybridized carbons (Fsp3) is 0.824. The molecular formula is C17H29NO6. The molecule has 0 bridgehead atoms. The second-order valence-corrected chi connectivity index (χ2v) is 7.00. The summed E-state index contributed by atoms with van der Waals surface area (Å²) < 4.78 is 10.3. The Morgan fingerprint density at radius 3 is 1.96 bits per heavy atom. The Morgan fingerprint density at radius 1 is 1.00 bits per heavy atom. The number of hydrogen-bond acceptors (Lipinski definition) is 6. The van der Waals surface area contributed by atoms with Gasteiger partial charge in [0, 0.05) is 5.92 Å². The second kappa shape index (κ2) is 9.61. The number of carbonyl (C=O) groups is 3. The quantitative estimate of drug-likeness (QED) is 0.643. The van der Waals surface area contributed by atoms with Gasteiger partial charge < -0.3 is 20.3 Å². The van der Waals surface area contributed by atoms with Crippen molar-refractivity contribution in [3.8, 4) is 0 Å². The molecule has 0 aliphatic heterocycles. The highest BCUT2D eigenvalue weighted by Crippen LogP contribution is 2.30. The molecule has 0 heterocycles. The van der Waals surface area contributed by atoms with Gasteiger partial charge in [-0.1, -0.05) is 20.8 Å². The first kappa shape index (κ1) is 20.4. The highest BCUT2D eigenvalue weighted by atomic mass is 16.5. The van der Waals surface area contributed by atoms with Gasteiger partial charge in [0.05, 0.1) is 25.0 Å². The van der Waals surface area contributed by atoms with Crippen molar-refractivity contribution < 1.29 is 29.0 Å². The molecule has 0 radical (unpaired) electrons. The summed E-state index contributed by atoms with van der Waals surface area (Å²) >= 11 is 0. The van der Waals surface area contributed by atoms with Crippen LogP contribution in [0.2, 0.25) is 0 Å². The van der Waals surface area contributed by atoms with Crippen LogP contribution in [0.1, 0.15) is 46.5 Å². The predicted octanol–water partition coefficient (Wildman–Crippen LogP) is 1.58. The summed E-state index contributed by atoms with van der Waals surface area (Å²) in [6, 6.07) is -0.731. The van der Waals surface area contributed by atoms with Crippen molar-refractivity contribution in [1.82, 2.24) is 0 Å². The molecule has 0 aromatic carbocycles. The van der Waals surface area contributed by atoms with Crippen LogP contribution in [-0.2, 0) is 23.9 Å². The second-order valence-electron chi connectivity index (χ2n) is 7.00. The average Bonchev–Trinajstić information content (AvgIpc) is 2.56. The van der Waals surface area contributed by atoms with E-state index in [9.17, 15) is 14.4 Å². The van der Waals surface area contributed by atoms with E-state index >= 15 is 0 Å². The molecule has 3 N–H and O–H groups in total. The first-order valence-corrected chi connectivity index (χ1v) is 8.54. The van der Waals surface area contributed by atoms with Crippen molar-refractivity contribution in [2.24, 2.45) is 29.4 Å². The van der Waals surface area contributed by atoms with Crippen molar-refractivity contribution in [2.45, 2.75) is 52.5 Å². The third-order valence-electron chi connectivity index (χ3n) is 4.39. The number of aliphatic carboxylic acids is 1. The summed E-state index contributed by atoms with van der Waals surface area (Å²) in [7, 11) is 0. The van der Waals surface area contributed by atoms with Gasteiger partial charge in [-0.15, -0.1) is 0 Å². The Bertz CT molecular complexity index is 442. The van der Waals surface area contributed by atoms with E-state index in [1.165, 1.54) is 0 Å². The van der Waals surface area contributed by atoms with Crippen molar-refractivity contribution in [3.05, 3.63) is 0 Å². The Hall–Kier alpha value is -1.63. The molecule has 0 saturated heterocycles. The number of hydrogen-bond donors (Lipinski definition) is 2. The first-order chi connectivity index (χ1) is 11.2. The monoisotopic (exact) mass is 343 g/mol. The summed E-state index contributed by atoms with van der Waals surface area (Å²) in [6.45, 7) is 5.67. The van der Waals surface area contributed by atoms with Crippen LogP contribution in [0, 0.1) is 23.7 Å². The summed E-state index contributed by atoms with van der Waals surface area (Å²) in [4.78, 5) is 34.4. The van der Waals surface area contributed by atoms with Crippen LogP contribution in [0.3, 0.4) is 0 Å². The van der Waals surface area contributed by atoms with E-state index in [0.29, 0.717) is 25.7 Å². The highest BCUT2D eigenvalue weighted by Gasteiger charge is 2.32. The number of esters is 2. The molecule has 138 valence electrons. The number of carboxylic acid groups (broad SMARTS) is 1. The minimum absolute atomic E-state index is 0.0397. The number of rotatable bonds is 8. The van der Waals surface area contributed by atoms with Crippen molar-refractivity contribution in [2.75, 3.05) is 13.2 Å². The Kier molecular flexibility index (Phi) is 8.18. The lowest BCUT2D eigenvalue weighted by Crippen LogP contribution is -2.42. The molecular weight excluding hydrogens is 314 g/mol. The van der Waals surface area contributed by atoms with Gasteiger partial charge in [0.1, 0.15) is 6.04 Å². The summed E-state index contributed by atoms with van der Waals surface area (Å²) in [5.74, 6) is -2.20. The van der Waals surface area contributed by atoms with Crippen molar-refractivity contribution in [1.29, 1.82) is 0 Å². The summed E-state index contributed by atoms with van der Waals surface area (Å²) in [6.07, 6.45) is 2.33. The molecule has 1 aliphatic carbocycles. The van der Waals surface area contributed by atoms with Crippen LogP contribution in [0.5, 0.6) is 0 Å². The van der Waals surface area contributed by atoms with E-state index in [1.54, 1.807) is 13.8 Å². The number of carbonyl (C=O) groups excluding carboxylic acids is 2. The van der Waals surface area contributed by atoms with E-state index < -0.39 is 18.0 Å². The molecule has 2 atom stereocenters. The Labute approximate surface area is 142 Å². The van der Waals surface area contributed by atoms with Crippen LogP contribution < -0.4 is 5.73 Å². The topological polar surface area (TPSA) is 116 Å². The molecule has 7 nitrogen and oxygen atoms in total. The first-order valence-electron chi connectivity index (χ1n) is 8.54. The fourth-order valence-electron chi connectivity index (χ4n) is 2.68. The largest absolute Gasteiger partial charge is 0.481 e. The lowest BCUT2D eigenvalue weighted by molar-refractivity contribution is -0.152. The lowest BCUT2D eigenvalue weighted by atomic mass is 9.79. The maximum atomic E-state index is 12.0. The Balaban J connectivity index is 2.29. The van der Waals surface area contributed by atoms with Crippen molar-refractivity contribution >= 4 is 17.9 Å². The van der Waals surface area contributed by atoms with Gasteiger partial charge >= 0.3 is 17.9 Å². The molecule has 1 rings (SSSR count). The van der Waals surface area contributed by atoms with E-state index in [4.69, 9.17) is 20.3 Å². The van der Waals surface area contributed by atoms with Crippen LogP contribution in [0.15, 0.2) is 0 Å². The van der Waals surface area contributed by atoms with Crippen LogP contribution in [0.4, 0.5) is 0 Å². The van der Waals surface area contributed by atoms with Crippen molar-refractivity contribution in [3.63, 3.8) is 0 Å². The number of nitrogens with two attached hydrogens (primary N) is 1. The van der Waals surface area contributed by atoms with E-state index in [-0.39, 0.29) is 42.9 Å². The van der Waals surface area contributed by atoms with Gasteiger partial charge in [-0.05, 0) is 31.6 Å². The van der Waals surface area contributed by atoms with Gasteiger partial charge in [-0.3, -0.25) is 14.4 Å². The molecule has 1 fully saturated rings.